The zero-order valence-electron chi connectivity index (χ0n) is 10.8. The Balaban J connectivity index is 1.64. The third-order valence-corrected chi connectivity index (χ3v) is 4.41. The minimum atomic E-state index is -0.0479. The standard InChI is InChI=1S/C15H17ClN2O/c1-18(14-9-10-2-3-11(14)8-10)15(19)17-13-6-4-12(16)5-7-13/h2-7,10-11,14H,8-9H2,1H3,(H,17,19)/t10-,11-,14-/m0/s1. The lowest BCUT2D eigenvalue weighted by molar-refractivity contribution is 0.194. The minimum Gasteiger partial charge on any atom is -0.324 e. The van der Waals surface area contributed by atoms with Crippen LogP contribution in [0.4, 0.5) is 10.5 Å². The number of nitrogens with one attached hydrogen (secondary N) is 1. The predicted molar refractivity (Wildman–Crippen MR) is 77.4 cm³/mol. The molecule has 2 amide bonds. The molecule has 0 aliphatic heterocycles. The Kier molecular flexibility index (Phi) is 3.23. The van der Waals surface area contributed by atoms with Crippen LogP contribution in [-0.2, 0) is 0 Å². The maximum atomic E-state index is 12.2. The van der Waals surface area contributed by atoms with Crippen molar-refractivity contribution in [3.8, 4) is 0 Å². The number of benzene rings is 1. The Morgan fingerprint density at radius 2 is 2.00 bits per heavy atom. The molecule has 1 fully saturated rings. The van der Waals surface area contributed by atoms with Gasteiger partial charge in [-0.05, 0) is 48.9 Å². The van der Waals surface area contributed by atoms with Crippen LogP contribution < -0.4 is 5.32 Å². The van der Waals surface area contributed by atoms with Crippen molar-refractivity contribution in [3.63, 3.8) is 0 Å². The van der Waals surface area contributed by atoms with Crippen molar-refractivity contribution in [1.82, 2.24) is 4.90 Å². The van der Waals surface area contributed by atoms with Crippen LogP contribution in [0.1, 0.15) is 12.8 Å². The first-order chi connectivity index (χ1) is 9.13. The van der Waals surface area contributed by atoms with E-state index in [1.165, 1.54) is 6.42 Å². The summed E-state index contributed by atoms with van der Waals surface area (Å²) >= 11 is 5.83. The highest BCUT2D eigenvalue weighted by Crippen LogP contribution is 2.41. The molecule has 19 heavy (non-hydrogen) atoms. The Hall–Kier alpha value is -1.48. The van der Waals surface area contributed by atoms with Gasteiger partial charge in [-0.25, -0.2) is 4.79 Å². The summed E-state index contributed by atoms with van der Waals surface area (Å²) in [4.78, 5) is 14.1. The average Bonchev–Trinajstić information content (AvgIpc) is 3.03. The third kappa shape index (κ3) is 2.47. The van der Waals surface area contributed by atoms with Crippen molar-refractivity contribution in [2.24, 2.45) is 11.8 Å². The fourth-order valence-corrected chi connectivity index (χ4v) is 3.22. The minimum absolute atomic E-state index is 0.0479. The lowest BCUT2D eigenvalue weighted by atomic mass is 10.0. The topological polar surface area (TPSA) is 32.3 Å². The third-order valence-electron chi connectivity index (χ3n) is 4.16. The van der Waals surface area contributed by atoms with E-state index in [1.54, 1.807) is 12.1 Å². The van der Waals surface area contributed by atoms with Crippen LogP contribution in [0.15, 0.2) is 36.4 Å². The van der Waals surface area contributed by atoms with Gasteiger partial charge in [0.2, 0.25) is 0 Å². The van der Waals surface area contributed by atoms with E-state index in [-0.39, 0.29) is 6.03 Å². The first-order valence-electron chi connectivity index (χ1n) is 6.61. The van der Waals surface area contributed by atoms with Gasteiger partial charge in [-0.3, -0.25) is 0 Å². The van der Waals surface area contributed by atoms with Crippen LogP contribution in [0.2, 0.25) is 5.02 Å². The summed E-state index contributed by atoms with van der Waals surface area (Å²) in [6.45, 7) is 0. The van der Waals surface area contributed by atoms with Gasteiger partial charge in [0.25, 0.3) is 0 Å². The molecule has 100 valence electrons. The fraction of sp³-hybridized carbons (Fsp3) is 0.400. The molecule has 1 N–H and O–H groups in total. The smallest absolute Gasteiger partial charge is 0.321 e. The quantitative estimate of drug-likeness (QED) is 0.820. The van der Waals surface area contributed by atoms with Crippen molar-refractivity contribution in [1.29, 1.82) is 0 Å². The highest BCUT2D eigenvalue weighted by Gasteiger charge is 2.39. The van der Waals surface area contributed by atoms with Gasteiger partial charge >= 0.3 is 6.03 Å². The number of anilines is 1. The van der Waals surface area contributed by atoms with Gasteiger partial charge in [-0.15, -0.1) is 0 Å². The second-order valence-electron chi connectivity index (χ2n) is 5.40. The number of carbonyl (C=O) groups excluding carboxylic acids is 1. The molecule has 0 heterocycles. The average molecular weight is 277 g/mol. The van der Waals surface area contributed by atoms with E-state index in [0.717, 1.165) is 12.1 Å². The number of rotatable bonds is 2. The molecule has 0 saturated heterocycles. The van der Waals surface area contributed by atoms with Crippen LogP contribution >= 0.6 is 11.6 Å². The molecule has 1 aromatic rings. The molecule has 0 spiro atoms. The normalized spacial score (nSPS) is 27.6. The van der Waals surface area contributed by atoms with E-state index >= 15 is 0 Å². The number of amides is 2. The highest BCUT2D eigenvalue weighted by molar-refractivity contribution is 6.30. The van der Waals surface area contributed by atoms with Gasteiger partial charge in [0.05, 0.1) is 0 Å². The molecule has 2 aliphatic rings. The molecule has 1 aromatic carbocycles. The van der Waals surface area contributed by atoms with Gasteiger partial charge in [0.1, 0.15) is 0 Å². The molecular weight excluding hydrogens is 260 g/mol. The van der Waals surface area contributed by atoms with Crippen molar-refractivity contribution in [2.75, 3.05) is 12.4 Å². The lowest BCUT2D eigenvalue weighted by Gasteiger charge is -2.29. The van der Waals surface area contributed by atoms with Gasteiger partial charge in [-0.1, -0.05) is 23.8 Å². The molecule has 0 radical (unpaired) electrons. The monoisotopic (exact) mass is 276 g/mol. The van der Waals surface area contributed by atoms with E-state index in [2.05, 4.69) is 17.5 Å². The number of nitrogens with zero attached hydrogens (tertiary/aromatic N) is 1. The van der Waals surface area contributed by atoms with Crippen molar-refractivity contribution in [3.05, 3.63) is 41.4 Å². The zero-order chi connectivity index (χ0) is 13.4. The van der Waals surface area contributed by atoms with Crippen LogP contribution in [0.25, 0.3) is 0 Å². The van der Waals surface area contributed by atoms with E-state index in [1.807, 2.05) is 24.1 Å². The van der Waals surface area contributed by atoms with Crippen LogP contribution in [0.5, 0.6) is 0 Å². The molecule has 0 unspecified atom stereocenters. The summed E-state index contributed by atoms with van der Waals surface area (Å²) in [5.41, 5.74) is 0.778. The van der Waals surface area contributed by atoms with E-state index in [9.17, 15) is 4.79 Å². The number of halogens is 1. The summed E-state index contributed by atoms with van der Waals surface area (Å²) in [7, 11) is 1.88. The number of hydrogen-bond donors (Lipinski definition) is 1. The maximum Gasteiger partial charge on any atom is 0.321 e. The van der Waals surface area contributed by atoms with E-state index in [0.29, 0.717) is 22.9 Å². The maximum absolute atomic E-state index is 12.2. The Morgan fingerprint density at radius 1 is 1.26 bits per heavy atom. The number of fused-ring (bicyclic) bond motifs is 2. The summed E-state index contributed by atoms with van der Waals surface area (Å²) < 4.78 is 0. The first kappa shape index (κ1) is 12.5. The Bertz CT molecular complexity index is 511. The van der Waals surface area contributed by atoms with Gasteiger partial charge in [0, 0.05) is 23.8 Å². The number of allylic oxidation sites excluding steroid dienone is 1. The number of hydrogen-bond acceptors (Lipinski definition) is 1. The molecule has 2 aliphatic carbocycles. The molecule has 2 bridgehead atoms. The molecule has 3 rings (SSSR count). The molecule has 3 nitrogen and oxygen atoms in total. The van der Waals surface area contributed by atoms with Crippen molar-refractivity contribution < 1.29 is 4.79 Å². The second kappa shape index (κ2) is 4.89. The molecule has 1 saturated carbocycles. The van der Waals surface area contributed by atoms with Crippen LogP contribution in [0, 0.1) is 11.8 Å². The largest absolute Gasteiger partial charge is 0.324 e. The van der Waals surface area contributed by atoms with Gasteiger partial charge in [-0.2, -0.15) is 0 Å². The fourth-order valence-electron chi connectivity index (χ4n) is 3.09. The van der Waals surface area contributed by atoms with Gasteiger partial charge in [0.15, 0.2) is 0 Å². The van der Waals surface area contributed by atoms with Crippen LogP contribution in [-0.4, -0.2) is 24.0 Å². The molecular formula is C15H17ClN2O. The number of carbonyl (C=O) groups is 1. The van der Waals surface area contributed by atoms with Crippen LogP contribution in [0.3, 0.4) is 0 Å². The Morgan fingerprint density at radius 3 is 2.58 bits per heavy atom. The molecule has 0 aromatic heterocycles. The SMILES string of the molecule is CN(C(=O)Nc1ccc(Cl)cc1)[C@H]1C[C@H]2C=C[C@H]1C2. The highest BCUT2D eigenvalue weighted by atomic mass is 35.5. The lowest BCUT2D eigenvalue weighted by Crippen LogP contribution is -2.42. The zero-order valence-corrected chi connectivity index (χ0v) is 11.6. The van der Waals surface area contributed by atoms with Crippen molar-refractivity contribution >= 4 is 23.3 Å². The summed E-state index contributed by atoms with van der Waals surface area (Å²) in [5, 5.41) is 3.58. The van der Waals surface area contributed by atoms with E-state index < -0.39 is 0 Å². The molecule has 3 atom stereocenters. The Labute approximate surface area is 118 Å². The van der Waals surface area contributed by atoms with E-state index in [4.69, 9.17) is 11.6 Å². The second-order valence-corrected chi connectivity index (χ2v) is 5.83. The number of urea groups is 1. The predicted octanol–water partition coefficient (Wildman–Crippen LogP) is 3.77. The summed E-state index contributed by atoms with van der Waals surface area (Å²) in [5.74, 6) is 1.20. The summed E-state index contributed by atoms with van der Waals surface area (Å²) in [6.07, 6.45) is 6.83. The van der Waals surface area contributed by atoms with Gasteiger partial charge < -0.3 is 10.2 Å². The summed E-state index contributed by atoms with van der Waals surface area (Å²) in [6, 6.07) is 7.47. The van der Waals surface area contributed by atoms with Crippen molar-refractivity contribution in [2.45, 2.75) is 18.9 Å². The molecule has 4 heteroatoms. The first-order valence-corrected chi connectivity index (χ1v) is 6.99.